The van der Waals surface area contributed by atoms with E-state index in [9.17, 15) is 13.6 Å². The Kier molecular flexibility index (Phi) is 6.08. The molecule has 8 nitrogen and oxygen atoms in total. The number of rotatable bonds is 6. The van der Waals surface area contributed by atoms with Crippen LogP contribution in [0.3, 0.4) is 0 Å². The second-order valence-corrected chi connectivity index (χ2v) is 7.94. The van der Waals surface area contributed by atoms with Gasteiger partial charge >= 0.3 is 0 Å². The Morgan fingerprint density at radius 1 is 1.26 bits per heavy atom. The Balaban J connectivity index is 1.70. The van der Waals surface area contributed by atoms with Crippen LogP contribution in [0.2, 0.25) is 0 Å². The summed E-state index contributed by atoms with van der Waals surface area (Å²) >= 11 is 0. The van der Waals surface area contributed by atoms with Gasteiger partial charge in [-0.25, -0.2) is 17.7 Å². The topological polar surface area (TPSA) is 90.6 Å². The number of carbonyl (C=O) groups excluding carboxylic acids is 1. The molecule has 11 heteroatoms. The number of fused-ring (bicyclic) bond motifs is 1. The van der Waals surface area contributed by atoms with Crippen LogP contribution in [0.5, 0.6) is 5.88 Å². The highest BCUT2D eigenvalue weighted by molar-refractivity contribution is 5.96. The van der Waals surface area contributed by atoms with Crippen LogP contribution in [0, 0.1) is 5.82 Å². The number of nitrogens with one attached hydrogen (secondary N) is 1. The number of benzene rings is 1. The van der Waals surface area contributed by atoms with Gasteiger partial charge in [0.15, 0.2) is 5.65 Å². The van der Waals surface area contributed by atoms with Crippen LogP contribution in [0.25, 0.3) is 27.9 Å². The molecule has 1 aromatic carbocycles. The lowest BCUT2D eigenvalue weighted by atomic mass is 10.00. The second-order valence-electron chi connectivity index (χ2n) is 7.94. The highest BCUT2D eigenvalue weighted by Gasteiger charge is 2.25. The summed E-state index contributed by atoms with van der Waals surface area (Å²) in [5.74, 6) is -1.52. The minimum Gasteiger partial charge on any atom is -0.471 e. The van der Waals surface area contributed by atoms with Crippen molar-refractivity contribution >= 4 is 11.6 Å². The van der Waals surface area contributed by atoms with Crippen LogP contribution >= 0.6 is 0 Å². The fraction of sp³-hybridized carbons (Fsp3) is 0.250. The van der Waals surface area contributed by atoms with Crippen LogP contribution in [0.4, 0.5) is 13.2 Å². The van der Waals surface area contributed by atoms with E-state index in [-0.39, 0.29) is 34.3 Å². The van der Waals surface area contributed by atoms with E-state index < -0.39 is 23.7 Å². The Hall–Kier alpha value is -3.99. The quantitative estimate of drug-likeness (QED) is 0.445. The molecule has 0 unspecified atom stereocenters. The number of nitrogens with zero attached hydrogens (tertiary/aromatic N) is 4. The van der Waals surface area contributed by atoms with E-state index in [0.717, 1.165) is 11.6 Å². The molecule has 4 aromatic rings. The van der Waals surface area contributed by atoms with Crippen molar-refractivity contribution in [3.05, 3.63) is 66.0 Å². The average Bonchev–Trinajstić information content (AvgIpc) is 3.53. The number of amides is 1. The molecule has 1 aliphatic rings. The summed E-state index contributed by atoms with van der Waals surface area (Å²) in [6.07, 6.45) is 3.58. The Bertz CT molecular complexity index is 1390. The molecular formula is C24H20F3N5O3. The lowest BCUT2D eigenvalue weighted by Gasteiger charge is -2.15. The number of hydrogen-bond acceptors (Lipinski definition) is 6. The third-order valence-electron chi connectivity index (χ3n) is 5.71. The first kappa shape index (κ1) is 22.8. The normalized spacial score (nSPS) is 15.6. The first-order valence-corrected chi connectivity index (χ1v) is 10.8. The highest BCUT2D eigenvalue weighted by Crippen LogP contribution is 2.36. The molecule has 35 heavy (non-hydrogen) atoms. The van der Waals surface area contributed by atoms with Crippen molar-refractivity contribution in [3.8, 4) is 28.1 Å². The average molecular weight is 483 g/mol. The van der Waals surface area contributed by atoms with Crippen molar-refractivity contribution in [2.24, 2.45) is 0 Å². The standard InChI is InChI=1S/C24H20F3N5O3/c1-28-23(33)14-7-16(20(25)17(8-14)21(26)27)18-10-30-32-11-19(13-3-2-5-29-9-13)24(31-22(18)32)35-15-4-6-34-12-15/h2-3,5,7-11,15,21H,4,6,12H2,1H3,(H,28,33)/t15-/m0/s1. The maximum Gasteiger partial charge on any atom is 0.266 e. The van der Waals surface area contributed by atoms with Gasteiger partial charge in [-0.05, 0) is 18.2 Å². The SMILES string of the molecule is CNC(=O)c1cc(-c2cnn3cc(-c4cccnc4)c(O[C@H]4CCOC4)nc23)c(F)c(C(F)F)c1. The first-order valence-electron chi connectivity index (χ1n) is 10.8. The van der Waals surface area contributed by atoms with E-state index in [1.54, 1.807) is 24.7 Å². The molecule has 0 bridgehead atoms. The van der Waals surface area contributed by atoms with Gasteiger partial charge in [0.25, 0.3) is 12.3 Å². The predicted octanol–water partition coefficient (Wildman–Crippen LogP) is 4.06. The van der Waals surface area contributed by atoms with Crippen molar-refractivity contribution in [2.45, 2.75) is 19.0 Å². The molecule has 1 aliphatic heterocycles. The number of carbonyl (C=O) groups is 1. The summed E-state index contributed by atoms with van der Waals surface area (Å²) in [5, 5.41) is 6.63. The number of hydrogen-bond donors (Lipinski definition) is 1. The van der Waals surface area contributed by atoms with E-state index in [0.29, 0.717) is 25.2 Å². The Morgan fingerprint density at radius 3 is 2.80 bits per heavy atom. The molecule has 0 aliphatic carbocycles. The maximum atomic E-state index is 15.2. The molecule has 1 atom stereocenters. The van der Waals surface area contributed by atoms with Gasteiger partial charge < -0.3 is 14.8 Å². The molecule has 180 valence electrons. The van der Waals surface area contributed by atoms with Crippen LogP contribution in [-0.2, 0) is 4.74 Å². The monoisotopic (exact) mass is 483 g/mol. The summed E-state index contributed by atoms with van der Waals surface area (Å²) in [7, 11) is 1.36. The highest BCUT2D eigenvalue weighted by atomic mass is 19.3. The van der Waals surface area contributed by atoms with E-state index in [2.05, 4.69) is 20.4 Å². The van der Waals surface area contributed by atoms with Crippen LogP contribution in [0.15, 0.2) is 49.1 Å². The third-order valence-corrected chi connectivity index (χ3v) is 5.71. The predicted molar refractivity (Wildman–Crippen MR) is 120 cm³/mol. The number of halogens is 3. The van der Waals surface area contributed by atoms with Gasteiger partial charge in [-0.1, -0.05) is 6.07 Å². The Labute approximate surface area is 197 Å². The molecule has 0 radical (unpaired) electrons. The number of ether oxygens (including phenoxy) is 2. The number of pyridine rings is 1. The maximum absolute atomic E-state index is 15.2. The van der Waals surface area contributed by atoms with Gasteiger partial charge in [0.05, 0.1) is 30.5 Å². The van der Waals surface area contributed by atoms with Crippen molar-refractivity contribution < 1.29 is 27.4 Å². The third kappa shape index (κ3) is 4.30. The summed E-state index contributed by atoms with van der Waals surface area (Å²) in [6, 6.07) is 5.65. The molecular weight excluding hydrogens is 463 g/mol. The minimum atomic E-state index is -3.12. The summed E-state index contributed by atoms with van der Waals surface area (Å²) in [5.41, 5.74) is 0.436. The molecule has 4 heterocycles. The van der Waals surface area contributed by atoms with E-state index in [1.807, 2.05) is 6.07 Å². The van der Waals surface area contributed by atoms with Gasteiger partial charge in [0.2, 0.25) is 5.88 Å². The van der Waals surface area contributed by atoms with Crippen LogP contribution in [0.1, 0.15) is 28.8 Å². The summed E-state index contributed by atoms with van der Waals surface area (Å²) in [6.45, 7) is 0.951. The van der Waals surface area contributed by atoms with Crippen molar-refractivity contribution in [1.82, 2.24) is 24.9 Å². The van der Waals surface area contributed by atoms with Crippen molar-refractivity contribution in [3.63, 3.8) is 0 Å². The van der Waals surface area contributed by atoms with Crippen molar-refractivity contribution in [1.29, 1.82) is 0 Å². The van der Waals surface area contributed by atoms with E-state index in [4.69, 9.17) is 9.47 Å². The molecule has 0 saturated carbocycles. The zero-order valence-electron chi connectivity index (χ0n) is 18.5. The smallest absolute Gasteiger partial charge is 0.266 e. The fourth-order valence-electron chi connectivity index (χ4n) is 3.94. The first-order chi connectivity index (χ1) is 17.0. The molecule has 0 spiro atoms. The molecule has 1 amide bonds. The Morgan fingerprint density at radius 2 is 2.11 bits per heavy atom. The zero-order valence-corrected chi connectivity index (χ0v) is 18.5. The lowest BCUT2D eigenvalue weighted by Crippen LogP contribution is -2.18. The van der Waals surface area contributed by atoms with Gasteiger partial charge in [-0.15, -0.1) is 0 Å². The zero-order chi connectivity index (χ0) is 24.5. The molecule has 1 fully saturated rings. The minimum absolute atomic E-state index is 0.106. The van der Waals surface area contributed by atoms with Gasteiger partial charge in [0.1, 0.15) is 11.9 Å². The van der Waals surface area contributed by atoms with Crippen molar-refractivity contribution in [2.75, 3.05) is 20.3 Å². The van der Waals surface area contributed by atoms with Gasteiger partial charge in [-0.3, -0.25) is 9.78 Å². The molecule has 1 saturated heterocycles. The summed E-state index contributed by atoms with van der Waals surface area (Å²) < 4.78 is 55.3. The van der Waals surface area contributed by atoms with Gasteiger partial charge in [-0.2, -0.15) is 10.1 Å². The lowest BCUT2D eigenvalue weighted by molar-refractivity contribution is 0.0962. The summed E-state index contributed by atoms with van der Waals surface area (Å²) in [4.78, 5) is 20.9. The van der Waals surface area contributed by atoms with Crippen LogP contribution < -0.4 is 10.1 Å². The van der Waals surface area contributed by atoms with E-state index in [1.165, 1.54) is 23.8 Å². The van der Waals surface area contributed by atoms with Crippen LogP contribution in [-0.4, -0.2) is 51.9 Å². The molecule has 5 rings (SSSR count). The number of alkyl halides is 2. The molecule has 1 N–H and O–H groups in total. The number of aromatic nitrogens is 4. The fourth-order valence-corrected chi connectivity index (χ4v) is 3.94. The molecule has 3 aromatic heterocycles. The second kappa shape index (κ2) is 9.34. The van der Waals surface area contributed by atoms with E-state index >= 15 is 4.39 Å². The largest absolute Gasteiger partial charge is 0.471 e. The van der Waals surface area contributed by atoms with Gasteiger partial charge in [0, 0.05) is 54.3 Å².